The average Bonchev–Trinajstić information content (AvgIpc) is 2.66. The number of anilines is 1. The van der Waals surface area contributed by atoms with Crippen LogP contribution in [0.1, 0.15) is 15.9 Å². The number of carbonyl (C=O) groups excluding carboxylic acids is 1. The number of nitrogens with zero attached hydrogens (tertiary/aromatic N) is 1. The normalized spacial score (nSPS) is 12.8. The van der Waals surface area contributed by atoms with Crippen LogP contribution in [0.5, 0.6) is 0 Å². The molecule has 2 aromatic carbocycles. The van der Waals surface area contributed by atoms with E-state index in [9.17, 15) is 35.5 Å². The van der Waals surface area contributed by atoms with Crippen molar-refractivity contribution in [1.82, 2.24) is 4.98 Å². The number of amides is 1. The Labute approximate surface area is 173 Å². The molecule has 1 amide bonds. The van der Waals surface area contributed by atoms with E-state index < -0.39 is 40.4 Å². The standard InChI is InChI=1S/C19H10BrF7N2O/c20-11-5-3-10(4-6-11)16(30)29-14-8-7-13(12-2-1-9-28-15(12)14)17(21,18(22,23)24)19(25,26)27/h1-9H,(H,29,30). The van der Waals surface area contributed by atoms with Gasteiger partial charge in [-0.1, -0.05) is 28.1 Å². The summed E-state index contributed by atoms with van der Waals surface area (Å²) in [6.07, 6.45) is -11.4. The van der Waals surface area contributed by atoms with E-state index in [1.807, 2.05) is 0 Å². The quantitative estimate of drug-likeness (QED) is 0.420. The number of hydrogen-bond acceptors (Lipinski definition) is 2. The number of aromatic nitrogens is 1. The van der Waals surface area contributed by atoms with Gasteiger partial charge in [-0.25, -0.2) is 4.39 Å². The SMILES string of the molecule is O=C(Nc1ccc(C(F)(C(F)(F)F)C(F)(F)F)c2cccnc12)c1ccc(Br)cc1. The van der Waals surface area contributed by atoms with Crippen LogP contribution in [0.25, 0.3) is 10.9 Å². The molecular weight excluding hydrogens is 485 g/mol. The van der Waals surface area contributed by atoms with Crippen LogP contribution in [0.4, 0.5) is 36.4 Å². The fraction of sp³-hybridized carbons (Fsp3) is 0.158. The Balaban J connectivity index is 2.14. The highest BCUT2D eigenvalue weighted by atomic mass is 79.9. The number of benzene rings is 2. The molecular formula is C19H10BrF7N2O. The van der Waals surface area contributed by atoms with Gasteiger partial charge in [0.2, 0.25) is 0 Å². The summed E-state index contributed by atoms with van der Waals surface area (Å²) in [5.41, 5.74) is -7.69. The summed E-state index contributed by atoms with van der Waals surface area (Å²) in [5.74, 6) is -0.680. The molecule has 30 heavy (non-hydrogen) atoms. The number of hydrogen-bond donors (Lipinski definition) is 1. The summed E-state index contributed by atoms with van der Waals surface area (Å²) in [7, 11) is 0. The predicted octanol–water partition coefficient (Wildman–Crippen LogP) is 6.54. The van der Waals surface area contributed by atoms with Crippen molar-refractivity contribution >= 4 is 38.4 Å². The summed E-state index contributed by atoms with van der Waals surface area (Å²) in [6.45, 7) is 0. The lowest BCUT2D eigenvalue weighted by molar-refractivity contribution is -0.348. The Kier molecular flexibility index (Phi) is 5.52. The van der Waals surface area contributed by atoms with Crippen molar-refractivity contribution in [3.8, 4) is 0 Å². The van der Waals surface area contributed by atoms with Crippen LogP contribution < -0.4 is 5.32 Å². The number of rotatable bonds is 3. The molecule has 0 saturated heterocycles. The zero-order valence-electron chi connectivity index (χ0n) is 14.6. The van der Waals surface area contributed by atoms with Crippen molar-refractivity contribution in [3.05, 3.63) is 70.3 Å². The van der Waals surface area contributed by atoms with Gasteiger partial charge in [-0.2, -0.15) is 26.3 Å². The molecule has 0 saturated carbocycles. The minimum atomic E-state index is -6.27. The van der Waals surface area contributed by atoms with Crippen LogP contribution in [-0.2, 0) is 5.67 Å². The van der Waals surface area contributed by atoms with E-state index in [1.165, 1.54) is 12.1 Å². The van der Waals surface area contributed by atoms with Crippen LogP contribution in [0.2, 0.25) is 0 Å². The lowest BCUT2D eigenvalue weighted by Crippen LogP contribution is -2.50. The largest absolute Gasteiger partial charge is 0.435 e. The highest BCUT2D eigenvalue weighted by molar-refractivity contribution is 9.10. The van der Waals surface area contributed by atoms with Crippen molar-refractivity contribution in [2.45, 2.75) is 18.0 Å². The van der Waals surface area contributed by atoms with Gasteiger partial charge in [-0.15, -0.1) is 0 Å². The van der Waals surface area contributed by atoms with Crippen LogP contribution >= 0.6 is 15.9 Å². The van der Waals surface area contributed by atoms with E-state index >= 15 is 0 Å². The van der Waals surface area contributed by atoms with E-state index in [0.29, 0.717) is 10.5 Å². The summed E-state index contributed by atoms with van der Waals surface area (Å²) in [5, 5.41) is 1.64. The van der Waals surface area contributed by atoms with E-state index in [1.54, 1.807) is 12.1 Å². The Hall–Kier alpha value is -2.69. The molecule has 0 bridgehead atoms. The molecule has 3 nitrogen and oxygen atoms in total. The van der Waals surface area contributed by atoms with Crippen LogP contribution in [0, 0.1) is 0 Å². The monoisotopic (exact) mass is 494 g/mol. The molecule has 1 heterocycles. The summed E-state index contributed by atoms with van der Waals surface area (Å²) in [6, 6.07) is 9.08. The molecule has 0 aliphatic rings. The number of nitrogens with one attached hydrogen (secondary N) is 1. The van der Waals surface area contributed by atoms with E-state index in [2.05, 4.69) is 26.2 Å². The van der Waals surface area contributed by atoms with Gasteiger partial charge in [-0.05, 0) is 36.4 Å². The first kappa shape index (κ1) is 22.0. The van der Waals surface area contributed by atoms with Gasteiger partial charge in [0.25, 0.3) is 5.91 Å². The minimum absolute atomic E-state index is 0.172. The van der Waals surface area contributed by atoms with Crippen molar-refractivity contribution in [1.29, 1.82) is 0 Å². The number of carbonyl (C=O) groups is 1. The molecule has 1 aromatic heterocycles. The maximum Gasteiger partial charge on any atom is 0.435 e. The Morgan fingerprint density at radius 2 is 1.47 bits per heavy atom. The van der Waals surface area contributed by atoms with E-state index in [-0.39, 0.29) is 11.3 Å². The first-order valence-electron chi connectivity index (χ1n) is 8.14. The third-order valence-electron chi connectivity index (χ3n) is 4.28. The van der Waals surface area contributed by atoms with Gasteiger partial charge in [0.15, 0.2) is 0 Å². The molecule has 0 aliphatic heterocycles. The summed E-state index contributed by atoms with van der Waals surface area (Å²) >= 11 is 3.19. The van der Waals surface area contributed by atoms with Crippen molar-refractivity contribution in [3.63, 3.8) is 0 Å². The van der Waals surface area contributed by atoms with Gasteiger partial charge in [-0.3, -0.25) is 9.78 Å². The lowest BCUT2D eigenvalue weighted by Gasteiger charge is -2.31. The molecule has 0 aliphatic carbocycles. The fourth-order valence-corrected chi connectivity index (χ4v) is 3.10. The van der Waals surface area contributed by atoms with Gasteiger partial charge in [0.1, 0.15) is 0 Å². The Bertz CT molecular complexity index is 1080. The van der Waals surface area contributed by atoms with Crippen molar-refractivity contribution in [2.75, 3.05) is 5.32 Å². The van der Waals surface area contributed by atoms with Gasteiger partial charge in [0.05, 0.1) is 11.2 Å². The molecule has 158 valence electrons. The first-order valence-corrected chi connectivity index (χ1v) is 8.93. The second kappa shape index (κ2) is 7.53. The highest BCUT2D eigenvalue weighted by Crippen LogP contribution is 2.54. The van der Waals surface area contributed by atoms with Crippen LogP contribution in [0.15, 0.2) is 59.2 Å². The molecule has 11 heteroatoms. The topological polar surface area (TPSA) is 42.0 Å². The lowest BCUT2D eigenvalue weighted by atomic mass is 9.90. The second-order valence-corrected chi connectivity index (χ2v) is 7.09. The molecule has 3 rings (SSSR count). The molecule has 0 atom stereocenters. The third kappa shape index (κ3) is 3.73. The third-order valence-corrected chi connectivity index (χ3v) is 4.81. The average molecular weight is 495 g/mol. The maximum absolute atomic E-state index is 14.6. The van der Waals surface area contributed by atoms with Gasteiger partial charge in [0, 0.05) is 27.2 Å². The highest BCUT2D eigenvalue weighted by Gasteiger charge is 2.74. The zero-order valence-corrected chi connectivity index (χ0v) is 16.2. The first-order chi connectivity index (χ1) is 13.9. The number of alkyl halides is 7. The van der Waals surface area contributed by atoms with Crippen molar-refractivity contribution < 1.29 is 35.5 Å². The van der Waals surface area contributed by atoms with Crippen molar-refractivity contribution in [2.24, 2.45) is 0 Å². The molecule has 3 aromatic rings. The molecule has 0 unspecified atom stereocenters. The number of pyridine rings is 1. The number of fused-ring (bicyclic) bond motifs is 1. The van der Waals surface area contributed by atoms with Crippen LogP contribution in [0.3, 0.4) is 0 Å². The minimum Gasteiger partial charge on any atom is -0.320 e. The molecule has 0 radical (unpaired) electrons. The van der Waals surface area contributed by atoms with Crippen LogP contribution in [-0.4, -0.2) is 23.2 Å². The summed E-state index contributed by atoms with van der Waals surface area (Å²) in [4.78, 5) is 16.1. The predicted molar refractivity (Wildman–Crippen MR) is 98.7 cm³/mol. The molecule has 0 spiro atoms. The fourth-order valence-electron chi connectivity index (χ4n) is 2.84. The Morgan fingerprint density at radius 3 is 2.03 bits per heavy atom. The molecule has 0 fully saturated rings. The van der Waals surface area contributed by atoms with E-state index in [4.69, 9.17) is 0 Å². The maximum atomic E-state index is 14.6. The van der Waals surface area contributed by atoms with Gasteiger partial charge >= 0.3 is 18.0 Å². The Morgan fingerprint density at radius 1 is 0.867 bits per heavy atom. The number of halogens is 8. The zero-order chi connectivity index (χ0) is 22.3. The smallest absolute Gasteiger partial charge is 0.320 e. The van der Waals surface area contributed by atoms with Gasteiger partial charge < -0.3 is 5.32 Å². The summed E-state index contributed by atoms with van der Waals surface area (Å²) < 4.78 is 94.4. The second-order valence-electron chi connectivity index (χ2n) is 6.18. The van der Waals surface area contributed by atoms with E-state index in [0.717, 1.165) is 24.4 Å². The molecule has 1 N–H and O–H groups in total.